The van der Waals surface area contributed by atoms with Crippen LogP contribution in [0, 0.1) is 20.8 Å². The Labute approximate surface area is 176 Å². The normalized spacial score (nSPS) is 12.9. The van der Waals surface area contributed by atoms with Crippen LogP contribution in [0.1, 0.15) is 49.3 Å². The molecule has 1 heterocycles. The first-order valence-electron chi connectivity index (χ1n) is 10.0. The predicted octanol–water partition coefficient (Wildman–Crippen LogP) is 5.07. The van der Waals surface area contributed by atoms with E-state index < -0.39 is 17.7 Å². The number of fused-ring (bicyclic) bond motifs is 1. The lowest BCUT2D eigenvalue weighted by molar-refractivity contribution is -0.161. The first kappa shape index (κ1) is 21.8. The average molecular weight is 408 g/mol. The molecule has 3 aromatic rings. The molecule has 158 valence electrons. The SMILES string of the molecule is Cc1ccc2c(-c3ccc(C)c(C)c3)c(C(OC(C)(C)C)C(=O)O)n(C)c(=O)c2c1. The minimum atomic E-state index is -1.29. The van der Waals surface area contributed by atoms with E-state index in [1.54, 1.807) is 27.8 Å². The molecule has 5 heteroatoms. The zero-order chi connectivity index (χ0) is 22.4. The van der Waals surface area contributed by atoms with E-state index in [4.69, 9.17) is 4.74 Å². The zero-order valence-corrected chi connectivity index (χ0v) is 18.7. The fourth-order valence-corrected chi connectivity index (χ4v) is 3.73. The first-order chi connectivity index (χ1) is 13.9. The van der Waals surface area contributed by atoms with Crippen molar-refractivity contribution in [1.82, 2.24) is 4.57 Å². The quantitative estimate of drug-likeness (QED) is 0.655. The monoisotopic (exact) mass is 407 g/mol. The molecule has 0 saturated carbocycles. The Morgan fingerprint density at radius 1 is 1.00 bits per heavy atom. The molecule has 1 atom stereocenters. The lowest BCUT2D eigenvalue weighted by Gasteiger charge is -2.28. The van der Waals surface area contributed by atoms with Gasteiger partial charge < -0.3 is 14.4 Å². The maximum absolute atomic E-state index is 13.2. The number of nitrogens with zero attached hydrogens (tertiary/aromatic N) is 1. The Balaban J connectivity index is 2.50. The van der Waals surface area contributed by atoms with Gasteiger partial charge in [-0.25, -0.2) is 4.79 Å². The van der Waals surface area contributed by atoms with Crippen molar-refractivity contribution in [2.24, 2.45) is 7.05 Å². The number of benzene rings is 2. The van der Waals surface area contributed by atoms with Crippen LogP contribution < -0.4 is 5.56 Å². The third-order valence-electron chi connectivity index (χ3n) is 5.34. The van der Waals surface area contributed by atoms with E-state index in [-0.39, 0.29) is 5.56 Å². The second kappa shape index (κ2) is 7.73. The van der Waals surface area contributed by atoms with Gasteiger partial charge in [0.25, 0.3) is 5.56 Å². The molecule has 30 heavy (non-hydrogen) atoms. The second-order valence-electron chi connectivity index (χ2n) is 8.92. The minimum absolute atomic E-state index is 0.236. The standard InChI is InChI=1S/C25H29NO4/c1-14-8-11-18-19(12-14)23(27)26(7)21(22(24(28)29)30-25(4,5)6)20(18)17-10-9-15(2)16(3)13-17/h8-13,22H,1-7H3,(H,28,29). The van der Waals surface area contributed by atoms with Crippen molar-refractivity contribution in [3.63, 3.8) is 0 Å². The zero-order valence-electron chi connectivity index (χ0n) is 18.7. The maximum atomic E-state index is 13.2. The number of ether oxygens (including phenoxy) is 1. The van der Waals surface area contributed by atoms with Gasteiger partial charge >= 0.3 is 5.97 Å². The summed E-state index contributed by atoms with van der Waals surface area (Å²) < 4.78 is 7.38. The maximum Gasteiger partial charge on any atom is 0.339 e. The van der Waals surface area contributed by atoms with Crippen LogP contribution in [0.2, 0.25) is 0 Å². The van der Waals surface area contributed by atoms with Crippen LogP contribution in [0.4, 0.5) is 0 Å². The highest BCUT2D eigenvalue weighted by atomic mass is 16.5. The molecule has 0 spiro atoms. The Morgan fingerprint density at radius 2 is 1.67 bits per heavy atom. The molecular formula is C25H29NO4. The molecule has 0 aliphatic rings. The largest absolute Gasteiger partial charge is 0.479 e. The van der Waals surface area contributed by atoms with E-state index >= 15 is 0 Å². The lowest BCUT2D eigenvalue weighted by Crippen LogP contribution is -2.33. The summed E-state index contributed by atoms with van der Waals surface area (Å²) in [6.45, 7) is 11.4. The second-order valence-corrected chi connectivity index (χ2v) is 8.92. The van der Waals surface area contributed by atoms with Gasteiger partial charge in [-0.1, -0.05) is 35.9 Å². The highest BCUT2D eigenvalue weighted by Gasteiger charge is 2.33. The van der Waals surface area contributed by atoms with Gasteiger partial charge in [0.05, 0.1) is 11.3 Å². The molecule has 2 aromatic carbocycles. The Bertz CT molecular complexity index is 1200. The van der Waals surface area contributed by atoms with E-state index in [2.05, 4.69) is 0 Å². The molecule has 3 rings (SSSR count). The summed E-state index contributed by atoms with van der Waals surface area (Å²) in [5.41, 5.74) is 4.19. The van der Waals surface area contributed by atoms with Gasteiger partial charge in [-0.3, -0.25) is 4.79 Å². The molecule has 0 saturated heterocycles. The van der Waals surface area contributed by atoms with Crippen LogP contribution in [0.25, 0.3) is 21.9 Å². The number of carboxylic acid groups (broad SMARTS) is 1. The lowest BCUT2D eigenvalue weighted by atomic mass is 9.92. The molecule has 1 N–H and O–H groups in total. The van der Waals surface area contributed by atoms with Crippen LogP contribution in [-0.4, -0.2) is 21.2 Å². The number of aliphatic carboxylic acids is 1. The fraction of sp³-hybridized carbons (Fsp3) is 0.360. The molecular weight excluding hydrogens is 378 g/mol. The van der Waals surface area contributed by atoms with Crippen molar-refractivity contribution in [2.75, 3.05) is 0 Å². The van der Waals surface area contributed by atoms with Crippen LogP contribution in [0.3, 0.4) is 0 Å². The summed E-state index contributed by atoms with van der Waals surface area (Å²) in [7, 11) is 1.62. The minimum Gasteiger partial charge on any atom is -0.479 e. The number of hydrogen-bond acceptors (Lipinski definition) is 3. The number of carbonyl (C=O) groups is 1. The average Bonchev–Trinajstić information content (AvgIpc) is 2.64. The Hall–Kier alpha value is -2.92. The number of aromatic nitrogens is 1. The molecule has 0 fully saturated rings. The van der Waals surface area contributed by atoms with Gasteiger partial charge in [0.1, 0.15) is 0 Å². The topological polar surface area (TPSA) is 68.5 Å². The van der Waals surface area contributed by atoms with E-state index in [1.807, 2.05) is 57.2 Å². The smallest absolute Gasteiger partial charge is 0.339 e. The molecule has 0 aliphatic carbocycles. The van der Waals surface area contributed by atoms with Gasteiger partial charge in [-0.15, -0.1) is 0 Å². The van der Waals surface area contributed by atoms with Crippen LogP contribution in [0.5, 0.6) is 0 Å². The van der Waals surface area contributed by atoms with Crippen molar-refractivity contribution >= 4 is 16.7 Å². The van der Waals surface area contributed by atoms with Crippen molar-refractivity contribution in [1.29, 1.82) is 0 Å². The van der Waals surface area contributed by atoms with Crippen molar-refractivity contribution < 1.29 is 14.6 Å². The van der Waals surface area contributed by atoms with E-state index in [9.17, 15) is 14.7 Å². The molecule has 0 aliphatic heterocycles. The number of aryl methyl sites for hydroxylation is 3. The Morgan fingerprint density at radius 3 is 2.23 bits per heavy atom. The van der Waals surface area contributed by atoms with E-state index in [1.165, 1.54) is 4.57 Å². The third-order valence-corrected chi connectivity index (χ3v) is 5.34. The summed E-state index contributed by atoms with van der Waals surface area (Å²) in [5, 5.41) is 11.3. The van der Waals surface area contributed by atoms with Crippen LogP contribution in [-0.2, 0) is 16.6 Å². The fourth-order valence-electron chi connectivity index (χ4n) is 3.73. The number of carboxylic acids is 1. The molecule has 1 aromatic heterocycles. The van der Waals surface area contributed by atoms with Crippen molar-refractivity contribution in [3.05, 3.63) is 69.1 Å². The predicted molar refractivity (Wildman–Crippen MR) is 120 cm³/mol. The number of rotatable bonds is 4. The summed E-state index contributed by atoms with van der Waals surface area (Å²) in [6.07, 6.45) is -1.29. The van der Waals surface area contributed by atoms with Crippen LogP contribution >= 0.6 is 0 Å². The summed E-state index contributed by atoms with van der Waals surface area (Å²) >= 11 is 0. The molecule has 5 nitrogen and oxygen atoms in total. The van der Waals surface area contributed by atoms with Crippen molar-refractivity contribution in [3.8, 4) is 11.1 Å². The number of hydrogen-bond donors (Lipinski definition) is 1. The van der Waals surface area contributed by atoms with Gasteiger partial charge in [0.15, 0.2) is 6.10 Å². The van der Waals surface area contributed by atoms with Gasteiger partial charge in [-0.05, 0) is 69.7 Å². The Kier molecular flexibility index (Phi) is 5.61. The first-order valence-corrected chi connectivity index (χ1v) is 10.0. The summed E-state index contributed by atoms with van der Waals surface area (Å²) in [5.74, 6) is -1.13. The van der Waals surface area contributed by atoms with Gasteiger partial charge in [0, 0.05) is 18.0 Å². The van der Waals surface area contributed by atoms with Crippen molar-refractivity contribution in [2.45, 2.75) is 53.2 Å². The molecule has 1 unspecified atom stereocenters. The molecule has 0 bridgehead atoms. The molecule has 0 radical (unpaired) electrons. The molecule has 0 amide bonds. The number of pyridine rings is 1. The third kappa shape index (κ3) is 4.03. The van der Waals surface area contributed by atoms with Gasteiger partial charge in [-0.2, -0.15) is 0 Å². The summed E-state index contributed by atoms with van der Waals surface area (Å²) in [4.78, 5) is 25.5. The highest BCUT2D eigenvalue weighted by Crippen LogP contribution is 2.37. The van der Waals surface area contributed by atoms with E-state index in [0.717, 1.165) is 27.6 Å². The van der Waals surface area contributed by atoms with E-state index in [0.29, 0.717) is 16.6 Å². The highest BCUT2D eigenvalue weighted by molar-refractivity contribution is 5.99. The van der Waals surface area contributed by atoms with Crippen LogP contribution in [0.15, 0.2) is 41.2 Å². The van der Waals surface area contributed by atoms with Gasteiger partial charge in [0.2, 0.25) is 0 Å². The summed E-state index contributed by atoms with van der Waals surface area (Å²) in [6, 6.07) is 11.7.